The fraction of sp³-hybridized carbons (Fsp3) is 0.333. The number of fused-ring (bicyclic) bond motifs is 1. The lowest BCUT2D eigenvalue weighted by Crippen LogP contribution is -2.11. The van der Waals surface area contributed by atoms with Crippen molar-refractivity contribution in [2.24, 2.45) is 0 Å². The molecule has 2 nitrogen and oxygen atoms in total. The van der Waals surface area contributed by atoms with Gasteiger partial charge in [0.05, 0.1) is 0 Å². The van der Waals surface area contributed by atoms with Crippen molar-refractivity contribution < 1.29 is 4.42 Å². The van der Waals surface area contributed by atoms with Crippen molar-refractivity contribution in [1.29, 1.82) is 0 Å². The van der Waals surface area contributed by atoms with Gasteiger partial charge >= 0.3 is 0 Å². The third-order valence-electron chi connectivity index (χ3n) is 2.45. The van der Waals surface area contributed by atoms with E-state index in [1.807, 2.05) is 25.1 Å². The first-order chi connectivity index (χ1) is 6.83. The monoisotopic (exact) mass is 189 g/mol. The minimum absolute atomic E-state index is 0.888. The van der Waals surface area contributed by atoms with Crippen molar-refractivity contribution in [3.05, 3.63) is 35.6 Å². The van der Waals surface area contributed by atoms with Gasteiger partial charge in [-0.1, -0.05) is 25.1 Å². The Kier molecular flexibility index (Phi) is 2.55. The summed E-state index contributed by atoms with van der Waals surface area (Å²) in [5.74, 6) is 1.02. The van der Waals surface area contributed by atoms with Crippen LogP contribution in [-0.2, 0) is 6.54 Å². The Balaban J connectivity index is 2.45. The molecule has 1 aromatic heterocycles. The van der Waals surface area contributed by atoms with Crippen molar-refractivity contribution in [2.75, 3.05) is 6.54 Å². The summed E-state index contributed by atoms with van der Waals surface area (Å²) in [5.41, 5.74) is 2.26. The number of aryl methyl sites for hydroxylation is 1. The van der Waals surface area contributed by atoms with E-state index < -0.39 is 0 Å². The van der Waals surface area contributed by atoms with E-state index in [1.165, 1.54) is 10.9 Å². The molecule has 0 fully saturated rings. The SMILES string of the molecule is CCNCc1c(C)oc2ccccc12. The minimum atomic E-state index is 0.888. The third kappa shape index (κ3) is 1.53. The molecular formula is C12H15NO. The van der Waals surface area contributed by atoms with E-state index in [9.17, 15) is 0 Å². The zero-order valence-corrected chi connectivity index (χ0v) is 8.63. The zero-order chi connectivity index (χ0) is 9.97. The molecule has 1 N–H and O–H groups in total. The van der Waals surface area contributed by atoms with Gasteiger partial charge in [0.2, 0.25) is 0 Å². The summed E-state index contributed by atoms with van der Waals surface area (Å²) in [7, 11) is 0. The molecule has 1 heterocycles. The normalized spacial score (nSPS) is 11.0. The van der Waals surface area contributed by atoms with E-state index in [0.29, 0.717) is 0 Å². The number of rotatable bonds is 3. The highest BCUT2D eigenvalue weighted by Crippen LogP contribution is 2.24. The fourth-order valence-corrected chi connectivity index (χ4v) is 1.69. The largest absolute Gasteiger partial charge is 0.461 e. The highest BCUT2D eigenvalue weighted by molar-refractivity contribution is 5.82. The Morgan fingerprint density at radius 2 is 2.07 bits per heavy atom. The molecule has 0 aliphatic carbocycles. The summed E-state index contributed by atoms with van der Waals surface area (Å²) in [6.45, 7) is 6.00. The second-order valence-electron chi connectivity index (χ2n) is 3.41. The molecule has 74 valence electrons. The first kappa shape index (κ1) is 9.28. The molecule has 0 unspecified atom stereocenters. The van der Waals surface area contributed by atoms with Crippen LogP contribution >= 0.6 is 0 Å². The molecule has 0 saturated carbocycles. The molecule has 0 spiro atoms. The molecule has 0 radical (unpaired) electrons. The van der Waals surface area contributed by atoms with Crippen molar-refractivity contribution in [2.45, 2.75) is 20.4 Å². The van der Waals surface area contributed by atoms with Crippen molar-refractivity contribution in [3.63, 3.8) is 0 Å². The lowest BCUT2D eigenvalue weighted by molar-refractivity contribution is 0.567. The fourth-order valence-electron chi connectivity index (χ4n) is 1.69. The Labute approximate surface area is 83.9 Å². The predicted octanol–water partition coefficient (Wildman–Crippen LogP) is 2.85. The van der Waals surface area contributed by atoms with E-state index in [2.05, 4.69) is 18.3 Å². The van der Waals surface area contributed by atoms with Gasteiger partial charge in [0.25, 0.3) is 0 Å². The molecule has 2 heteroatoms. The molecule has 2 rings (SSSR count). The van der Waals surface area contributed by atoms with Crippen LogP contribution < -0.4 is 5.32 Å². The molecule has 0 aliphatic rings. The number of para-hydroxylation sites is 1. The number of furan rings is 1. The molecule has 0 aliphatic heterocycles. The Bertz CT molecular complexity index is 431. The van der Waals surface area contributed by atoms with Gasteiger partial charge in [-0.15, -0.1) is 0 Å². The smallest absolute Gasteiger partial charge is 0.134 e. The van der Waals surface area contributed by atoms with E-state index >= 15 is 0 Å². The van der Waals surface area contributed by atoms with Gasteiger partial charge in [0, 0.05) is 17.5 Å². The van der Waals surface area contributed by atoms with Gasteiger partial charge in [-0.2, -0.15) is 0 Å². The lowest BCUT2D eigenvalue weighted by Gasteiger charge is -1.99. The van der Waals surface area contributed by atoms with Crippen LogP contribution in [0, 0.1) is 6.92 Å². The van der Waals surface area contributed by atoms with Gasteiger partial charge in [-0.25, -0.2) is 0 Å². The molecule has 0 amide bonds. The van der Waals surface area contributed by atoms with Crippen LogP contribution in [0.15, 0.2) is 28.7 Å². The molecule has 0 saturated heterocycles. The topological polar surface area (TPSA) is 25.2 Å². The quantitative estimate of drug-likeness (QED) is 0.803. The number of hydrogen-bond acceptors (Lipinski definition) is 2. The van der Waals surface area contributed by atoms with Crippen molar-refractivity contribution in [3.8, 4) is 0 Å². The van der Waals surface area contributed by atoms with Crippen LogP contribution in [0.2, 0.25) is 0 Å². The minimum Gasteiger partial charge on any atom is -0.461 e. The van der Waals surface area contributed by atoms with Crippen LogP contribution in [0.3, 0.4) is 0 Å². The second kappa shape index (κ2) is 3.84. The van der Waals surface area contributed by atoms with Gasteiger partial charge in [0.1, 0.15) is 11.3 Å². The molecule has 1 aromatic carbocycles. The van der Waals surface area contributed by atoms with Gasteiger partial charge < -0.3 is 9.73 Å². The molecule has 14 heavy (non-hydrogen) atoms. The zero-order valence-electron chi connectivity index (χ0n) is 8.63. The van der Waals surface area contributed by atoms with Crippen LogP contribution in [0.25, 0.3) is 11.0 Å². The van der Waals surface area contributed by atoms with E-state index in [1.54, 1.807) is 0 Å². The van der Waals surface area contributed by atoms with Gasteiger partial charge in [-0.3, -0.25) is 0 Å². The highest BCUT2D eigenvalue weighted by Gasteiger charge is 2.08. The Hall–Kier alpha value is -1.28. The van der Waals surface area contributed by atoms with Crippen LogP contribution in [0.1, 0.15) is 18.2 Å². The third-order valence-corrected chi connectivity index (χ3v) is 2.45. The standard InChI is InChI=1S/C12H15NO/c1-3-13-8-11-9(2)14-12-7-5-4-6-10(11)12/h4-7,13H,3,8H2,1-2H3. The first-order valence-corrected chi connectivity index (χ1v) is 5.00. The highest BCUT2D eigenvalue weighted by atomic mass is 16.3. The molecule has 2 aromatic rings. The Morgan fingerprint density at radius 1 is 1.29 bits per heavy atom. The lowest BCUT2D eigenvalue weighted by atomic mass is 10.1. The van der Waals surface area contributed by atoms with E-state index in [-0.39, 0.29) is 0 Å². The Morgan fingerprint density at radius 3 is 2.86 bits per heavy atom. The van der Waals surface area contributed by atoms with Crippen LogP contribution in [0.4, 0.5) is 0 Å². The number of benzene rings is 1. The maximum absolute atomic E-state index is 5.66. The number of nitrogens with one attached hydrogen (secondary N) is 1. The maximum atomic E-state index is 5.66. The van der Waals surface area contributed by atoms with E-state index in [4.69, 9.17) is 4.42 Å². The molecule has 0 bridgehead atoms. The average molecular weight is 189 g/mol. The summed E-state index contributed by atoms with van der Waals surface area (Å²) in [6.07, 6.45) is 0. The molecular weight excluding hydrogens is 174 g/mol. The summed E-state index contributed by atoms with van der Waals surface area (Å²) in [5, 5.41) is 4.55. The molecule has 0 atom stereocenters. The predicted molar refractivity (Wildman–Crippen MR) is 58.3 cm³/mol. The van der Waals surface area contributed by atoms with Crippen LogP contribution in [0.5, 0.6) is 0 Å². The van der Waals surface area contributed by atoms with Gasteiger partial charge in [-0.05, 0) is 19.5 Å². The van der Waals surface area contributed by atoms with Crippen molar-refractivity contribution in [1.82, 2.24) is 5.32 Å². The second-order valence-corrected chi connectivity index (χ2v) is 3.41. The van der Waals surface area contributed by atoms with Gasteiger partial charge in [0.15, 0.2) is 0 Å². The summed E-state index contributed by atoms with van der Waals surface area (Å²) in [6, 6.07) is 8.17. The maximum Gasteiger partial charge on any atom is 0.134 e. The first-order valence-electron chi connectivity index (χ1n) is 5.00. The summed E-state index contributed by atoms with van der Waals surface area (Å²) < 4.78 is 5.66. The average Bonchev–Trinajstić information content (AvgIpc) is 2.51. The summed E-state index contributed by atoms with van der Waals surface area (Å²) >= 11 is 0. The number of hydrogen-bond donors (Lipinski definition) is 1. The van der Waals surface area contributed by atoms with Crippen molar-refractivity contribution >= 4 is 11.0 Å². The van der Waals surface area contributed by atoms with Crippen LogP contribution in [-0.4, -0.2) is 6.54 Å². The summed E-state index contributed by atoms with van der Waals surface area (Å²) in [4.78, 5) is 0. The van der Waals surface area contributed by atoms with E-state index in [0.717, 1.165) is 24.4 Å².